The molecule has 1 atom stereocenters. The molecule has 41 heavy (non-hydrogen) atoms. The topological polar surface area (TPSA) is 98.6 Å². The van der Waals surface area contributed by atoms with E-state index in [2.05, 4.69) is 91.8 Å². The molecule has 5 rings (SSSR count). The van der Waals surface area contributed by atoms with Crippen molar-refractivity contribution in [1.29, 1.82) is 0 Å². The van der Waals surface area contributed by atoms with E-state index in [1.165, 1.54) is 40.6 Å². The highest BCUT2D eigenvalue weighted by molar-refractivity contribution is 7.91. The van der Waals surface area contributed by atoms with Gasteiger partial charge in [0.05, 0.1) is 16.4 Å². The molecule has 5 aromatic rings. The van der Waals surface area contributed by atoms with Crippen LogP contribution in [0.1, 0.15) is 18.0 Å². The van der Waals surface area contributed by atoms with Crippen LogP contribution in [0.25, 0.3) is 10.8 Å². The van der Waals surface area contributed by atoms with E-state index in [1.807, 2.05) is 0 Å². The molecule has 0 saturated heterocycles. The second-order valence-corrected chi connectivity index (χ2v) is 11.6. The highest BCUT2D eigenvalue weighted by atomic mass is 35.5. The zero-order valence-electron chi connectivity index (χ0n) is 23.2. The number of rotatable bonds is 8. The fraction of sp³-hybridized carbons (Fsp3) is 0.152. The molecule has 0 amide bonds. The SMILES string of the molecule is CN(C)[C@@H](CCOc1cccc2ccccc12)c1ccccc1.Cl.Nc1ccc(S(=O)(=O)c2ccc(N)cc2)cc1. The normalized spacial score (nSPS) is 11.7. The van der Waals surface area contributed by atoms with Gasteiger partial charge in [0.15, 0.2) is 0 Å². The van der Waals surface area contributed by atoms with Crippen molar-refractivity contribution in [3.63, 3.8) is 0 Å². The first-order valence-corrected chi connectivity index (χ1v) is 14.5. The number of benzene rings is 5. The number of anilines is 2. The standard InChI is InChI=1S/C21H23NO.C12H12N2O2S.ClH/c1-22(2)20(18-10-4-3-5-11-18)15-16-23-21-14-8-12-17-9-6-7-13-19(17)21;13-9-1-5-11(6-2-9)17(15,16)12-7-3-10(14)4-8-12;/h3-14,20H,15-16H2,1-2H3;1-8H,13-14H2;1H/t20-;;/m0../s1. The predicted octanol–water partition coefficient (Wildman–Crippen LogP) is 7.02. The van der Waals surface area contributed by atoms with E-state index in [9.17, 15) is 8.42 Å². The van der Waals surface area contributed by atoms with Gasteiger partial charge in [0.1, 0.15) is 5.75 Å². The fourth-order valence-electron chi connectivity index (χ4n) is 4.43. The van der Waals surface area contributed by atoms with Gasteiger partial charge in [-0.2, -0.15) is 0 Å². The van der Waals surface area contributed by atoms with Crippen LogP contribution in [0, 0.1) is 0 Å². The molecule has 0 heterocycles. The number of hydrogen-bond donors (Lipinski definition) is 2. The van der Waals surface area contributed by atoms with Gasteiger partial charge < -0.3 is 21.1 Å². The Hall–Kier alpha value is -4.04. The molecule has 0 saturated carbocycles. The monoisotopic (exact) mass is 589 g/mol. The third kappa shape index (κ3) is 8.24. The Balaban J connectivity index is 0.000000230. The average molecular weight is 590 g/mol. The fourth-order valence-corrected chi connectivity index (χ4v) is 5.69. The lowest BCUT2D eigenvalue weighted by atomic mass is 10.0. The number of fused-ring (bicyclic) bond motifs is 1. The minimum absolute atomic E-state index is 0. The van der Waals surface area contributed by atoms with E-state index < -0.39 is 9.84 Å². The Morgan fingerprint density at radius 1 is 0.683 bits per heavy atom. The second kappa shape index (κ2) is 14.6. The summed E-state index contributed by atoms with van der Waals surface area (Å²) in [4.78, 5) is 2.69. The van der Waals surface area contributed by atoms with Crippen LogP contribution in [0.5, 0.6) is 5.75 Å². The third-order valence-electron chi connectivity index (χ3n) is 6.59. The highest BCUT2D eigenvalue weighted by Gasteiger charge is 2.17. The Morgan fingerprint density at radius 3 is 1.76 bits per heavy atom. The van der Waals surface area contributed by atoms with Crippen molar-refractivity contribution in [2.45, 2.75) is 22.3 Å². The van der Waals surface area contributed by atoms with E-state index in [-0.39, 0.29) is 22.2 Å². The van der Waals surface area contributed by atoms with Gasteiger partial charge in [-0.15, -0.1) is 12.4 Å². The maximum atomic E-state index is 12.2. The number of nitrogens with zero attached hydrogens (tertiary/aromatic N) is 1. The summed E-state index contributed by atoms with van der Waals surface area (Å²) in [6.07, 6.45) is 0.959. The molecule has 0 aliphatic rings. The van der Waals surface area contributed by atoms with E-state index >= 15 is 0 Å². The molecule has 0 spiro atoms. The summed E-state index contributed by atoms with van der Waals surface area (Å²) >= 11 is 0. The molecule has 0 radical (unpaired) electrons. The van der Waals surface area contributed by atoms with Gasteiger partial charge >= 0.3 is 0 Å². The minimum atomic E-state index is -3.48. The Kier molecular flexibility index (Phi) is 11.2. The van der Waals surface area contributed by atoms with Crippen LogP contribution in [-0.2, 0) is 9.84 Å². The van der Waals surface area contributed by atoms with Gasteiger partial charge in [0.25, 0.3) is 0 Å². The van der Waals surface area contributed by atoms with Crippen molar-refractivity contribution in [3.8, 4) is 5.75 Å². The molecule has 0 aromatic heterocycles. The lowest BCUT2D eigenvalue weighted by Crippen LogP contribution is -2.22. The lowest BCUT2D eigenvalue weighted by Gasteiger charge is -2.25. The minimum Gasteiger partial charge on any atom is -0.493 e. The first kappa shape index (κ1) is 31.5. The van der Waals surface area contributed by atoms with Crippen LogP contribution in [0.4, 0.5) is 11.4 Å². The number of nitrogens with two attached hydrogens (primary N) is 2. The number of nitrogen functional groups attached to an aromatic ring is 2. The number of sulfone groups is 1. The smallest absolute Gasteiger partial charge is 0.206 e. The predicted molar refractivity (Wildman–Crippen MR) is 171 cm³/mol. The molecule has 0 aliphatic heterocycles. The summed E-state index contributed by atoms with van der Waals surface area (Å²) in [6.45, 7) is 0.700. The molecular weight excluding hydrogens is 554 g/mol. The summed E-state index contributed by atoms with van der Waals surface area (Å²) in [6, 6.07) is 37.7. The maximum absolute atomic E-state index is 12.2. The molecule has 0 fully saturated rings. The van der Waals surface area contributed by atoms with Gasteiger partial charge in [-0.05, 0) is 79.6 Å². The van der Waals surface area contributed by atoms with E-state index in [4.69, 9.17) is 16.2 Å². The van der Waals surface area contributed by atoms with Crippen molar-refractivity contribution < 1.29 is 13.2 Å². The molecule has 0 aliphatic carbocycles. The zero-order chi connectivity index (χ0) is 28.5. The van der Waals surface area contributed by atoms with E-state index in [0.29, 0.717) is 24.0 Å². The summed E-state index contributed by atoms with van der Waals surface area (Å²) in [5.74, 6) is 0.966. The van der Waals surface area contributed by atoms with Crippen LogP contribution in [0.15, 0.2) is 131 Å². The largest absolute Gasteiger partial charge is 0.493 e. The zero-order valence-corrected chi connectivity index (χ0v) is 24.8. The average Bonchev–Trinajstić information content (AvgIpc) is 2.96. The van der Waals surface area contributed by atoms with Gasteiger partial charge in [-0.25, -0.2) is 8.42 Å². The van der Waals surface area contributed by atoms with Gasteiger partial charge in [-0.3, -0.25) is 0 Å². The van der Waals surface area contributed by atoms with Crippen molar-refractivity contribution >= 4 is 44.4 Å². The van der Waals surface area contributed by atoms with Crippen LogP contribution >= 0.6 is 12.4 Å². The first-order chi connectivity index (χ1) is 19.3. The Morgan fingerprint density at radius 2 is 1.20 bits per heavy atom. The van der Waals surface area contributed by atoms with Gasteiger partial charge in [-0.1, -0.05) is 66.7 Å². The lowest BCUT2D eigenvalue weighted by molar-refractivity contribution is 0.225. The molecule has 0 bridgehead atoms. The Bertz CT molecular complexity index is 1570. The summed E-state index contributed by atoms with van der Waals surface area (Å²) in [5, 5.41) is 2.40. The number of ether oxygens (including phenoxy) is 1. The van der Waals surface area contributed by atoms with Crippen molar-refractivity contribution in [2.24, 2.45) is 0 Å². The number of hydrogen-bond acceptors (Lipinski definition) is 6. The van der Waals surface area contributed by atoms with Crippen molar-refractivity contribution in [1.82, 2.24) is 4.90 Å². The first-order valence-electron chi connectivity index (χ1n) is 13.0. The third-order valence-corrected chi connectivity index (χ3v) is 8.37. The second-order valence-electron chi connectivity index (χ2n) is 9.65. The van der Waals surface area contributed by atoms with Crippen LogP contribution < -0.4 is 16.2 Å². The molecule has 6 nitrogen and oxygen atoms in total. The van der Waals surface area contributed by atoms with Crippen molar-refractivity contribution in [3.05, 3.63) is 127 Å². The van der Waals surface area contributed by atoms with E-state index in [0.717, 1.165) is 12.2 Å². The maximum Gasteiger partial charge on any atom is 0.206 e. The summed E-state index contributed by atoms with van der Waals surface area (Å²) < 4.78 is 30.4. The van der Waals surface area contributed by atoms with E-state index in [1.54, 1.807) is 24.3 Å². The summed E-state index contributed by atoms with van der Waals surface area (Å²) in [7, 11) is 0.758. The molecule has 8 heteroatoms. The van der Waals surface area contributed by atoms with Crippen LogP contribution in [0.3, 0.4) is 0 Å². The molecule has 4 N–H and O–H groups in total. The Labute approximate surface area is 248 Å². The molecule has 5 aromatic carbocycles. The van der Waals surface area contributed by atoms with Gasteiger partial charge in [0.2, 0.25) is 9.84 Å². The molecular formula is C33H36ClN3O3S. The van der Waals surface area contributed by atoms with Crippen LogP contribution in [0.2, 0.25) is 0 Å². The van der Waals surface area contributed by atoms with Crippen LogP contribution in [-0.4, -0.2) is 34.0 Å². The molecule has 214 valence electrons. The highest BCUT2D eigenvalue weighted by Crippen LogP contribution is 2.27. The summed E-state index contributed by atoms with van der Waals surface area (Å²) in [5.41, 5.74) is 13.4. The number of halogens is 1. The molecule has 0 unspecified atom stereocenters. The van der Waals surface area contributed by atoms with Crippen molar-refractivity contribution in [2.75, 3.05) is 32.2 Å². The van der Waals surface area contributed by atoms with Gasteiger partial charge in [0, 0.05) is 29.2 Å². The quantitative estimate of drug-likeness (QED) is 0.189.